The fourth-order valence-electron chi connectivity index (χ4n) is 6.10. The van der Waals surface area contributed by atoms with Gasteiger partial charge in [-0.3, -0.25) is 38.4 Å². The van der Waals surface area contributed by atoms with Gasteiger partial charge in [0, 0.05) is 41.5 Å². The van der Waals surface area contributed by atoms with Crippen LogP contribution in [0.1, 0.15) is 61.0 Å². The number of carboxylic acids is 1. The second-order valence-electron chi connectivity index (χ2n) is 13.5. The lowest BCUT2D eigenvalue weighted by Gasteiger charge is -2.50. The van der Waals surface area contributed by atoms with Gasteiger partial charge in [0.1, 0.15) is 61.9 Å². The van der Waals surface area contributed by atoms with E-state index in [4.69, 9.17) is 42.6 Å². The van der Waals surface area contributed by atoms with E-state index in [1.165, 1.54) is 20.8 Å². The predicted molar refractivity (Wildman–Crippen MR) is 193 cm³/mol. The molecule has 2 aliphatic heterocycles. The molecule has 2 heterocycles. The summed E-state index contributed by atoms with van der Waals surface area (Å²) < 4.78 is 53.1. The maximum absolute atomic E-state index is 13.3. The Hall–Kier alpha value is -5.22. The minimum Gasteiger partial charge on any atom is -0.480 e. The zero-order chi connectivity index (χ0) is 43.3. The molecular formula is C37H51N3O18. The van der Waals surface area contributed by atoms with Crippen LogP contribution >= 0.6 is 0 Å². The topological polar surface area (TPSA) is 276 Å². The largest absolute Gasteiger partial charge is 0.480 e. The van der Waals surface area contributed by atoms with E-state index in [0.717, 1.165) is 34.6 Å². The van der Waals surface area contributed by atoms with Crippen LogP contribution in [0, 0.1) is 0 Å². The first-order valence-electron chi connectivity index (χ1n) is 18.2. The zero-order valence-corrected chi connectivity index (χ0v) is 33.3. The van der Waals surface area contributed by atoms with Crippen molar-refractivity contribution in [1.29, 1.82) is 0 Å². The monoisotopic (exact) mass is 825 g/mol. The highest BCUT2D eigenvalue weighted by Gasteiger charge is 2.56. The first kappa shape index (κ1) is 47.2. The van der Waals surface area contributed by atoms with Crippen LogP contribution in [0.2, 0.25) is 0 Å². The summed E-state index contributed by atoms with van der Waals surface area (Å²) in [6.45, 7) is 8.02. The van der Waals surface area contributed by atoms with Crippen LogP contribution in [0.4, 0.5) is 0 Å². The molecule has 2 fully saturated rings. The number of hydrogen-bond acceptors (Lipinski definition) is 17. The molecule has 0 aromatic heterocycles. The van der Waals surface area contributed by atoms with Gasteiger partial charge in [-0.1, -0.05) is 30.3 Å². The number of amides is 3. The van der Waals surface area contributed by atoms with Crippen LogP contribution in [0.25, 0.3) is 0 Å². The second kappa shape index (κ2) is 22.1. The van der Waals surface area contributed by atoms with E-state index in [0.29, 0.717) is 5.56 Å². The van der Waals surface area contributed by atoms with E-state index in [9.17, 15) is 43.5 Å². The SMILES string of the molecule is CC(=O)NC1C(OC(C)=O)[C@H](OC(C)=O)[C@H](COC(C)=O)O[C@H]1O[C@@H]1C(COC(C)=O)O[C@H](OCc2ccccc2)C(NC(C)=O)[C@H]1O[C@H](C)C(=O)N[C@@H](C)C(=O)O. The molecular weight excluding hydrogens is 774 g/mol. The van der Waals surface area contributed by atoms with Gasteiger partial charge in [0.05, 0.1) is 6.61 Å². The van der Waals surface area contributed by atoms with Gasteiger partial charge in [-0.05, 0) is 19.4 Å². The summed E-state index contributed by atoms with van der Waals surface area (Å²) in [5.41, 5.74) is 0.696. The standard InChI is InChI=1S/C37H51N3O18/c1-17(35(48)49)38-34(47)18(2)53-32-28(39-19(3)41)36(52-14-25-12-10-9-11-13-25)56-27(16-51-22(6)44)31(32)58-37-29(40-20(4)42)33(55-24(8)46)30(54-23(7)45)26(57-37)15-50-21(5)43/h9-13,17-18,26-33,36-37H,14-16H2,1-8H3,(H,38,47)(H,39,41)(H,40,42)(H,48,49)/t17-,18+,26-,27?,28?,29?,30+,31+,32+,33?,36-,37-/m0/s1. The van der Waals surface area contributed by atoms with Gasteiger partial charge >= 0.3 is 29.8 Å². The highest BCUT2D eigenvalue weighted by Crippen LogP contribution is 2.34. The number of hydrogen-bond donors (Lipinski definition) is 4. The molecule has 0 aliphatic carbocycles. The van der Waals surface area contributed by atoms with Gasteiger partial charge < -0.3 is 63.7 Å². The van der Waals surface area contributed by atoms with Gasteiger partial charge in [-0.25, -0.2) is 0 Å². The summed E-state index contributed by atoms with van der Waals surface area (Å²) in [5, 5.41) is 17.0. The minimum absolute atomic E-state index is 0.0674. The second-order valence-corrected chi connectivity index (χ2v) is 13.5. The Morgan fingerprint density at radius 3 is 1.67 bits per heavy atom. The zero-order valence-electron chi connectivity index (χ0n) is 33.3. The Labute approximate surface area is 333 Å². The minimum atomic E-state index is -1.73. The van der Waals surface area contributed by atoms with Crippen LogP contribution in [-0.2, 0) is 87.6 Å². The lowest BCUT2D eigenvalue weighted by atomic mass is 9.93. The van der Waals surface area contributed by atoms with Crippen molar-refractivity contribution >= 4 is 47.6 Å². The molecule has 21 heteroatoms. The summed E-state index contributed by atoms with van der Waals surface area (Å²) in [4.78, 5) is 99.2. The van der Waals surface area contributed by atoms with Crippen molar-refractivity contribution in [1.82, 2.24) is 16.0 Å². The molecule has 0 bridgehead atoms. The lowest BCUT2D eigenvalue weighted by molar-refractivity contribution is -0.339. The van der Waals surface area contributed by atoms with Crippen molar-refractivity contribution in [3.8, 4) is 0 Å². The van der Waals surface area contributed by atoms with Gasteiger partial charge in [0.15, 0.2) is 24.8 Å². The van der Waals surface area contributed by atoms with E-state index < -0.39 is 134 Å². The van der Waals surface area contributed by atoms with Gasteiger partial charge in [0.2, 0.25) is 17.7 Å². The van der Waals surface area contributed by atoms with E-state index in [2.05, 4.69) is 16.0 Å². The first-order chi connectivity index (χ1) is 27.3. The van der Waals surface area contributed by atoms with E-state index >= 15 is 0 Å². The number of aliphatic carboxylic acids is 1. The number of rotatable bonds is 18. The number of benzene rings is 1. The molecule has 322 valence electrons. The van der Waals surface area contributed by atoms with Crippen LogP contribution < -0.4 is 16.0 Å². The van der Waals surface area contributed by atoms with E-state index in [1.807, 2.05) is 0 Å². The first-order valence-corrected chi connectivity index (χ1v) is 18.2. The molecule has 2 saturated heterocycles. The Bertz CT molecular complexity index is 1630. The highest BCUT2D eigenvalue weighted by molar-refractivity contribution is 5.85. The van der Waals surface area contributed by atoms with Crippen molar-refractivity contribution in [2.75, 3.05) is 13.2 Å². The molecule has 0 spiro atoms. The molecule has 21 nitrogen and oxygen atoms in total. The van der Waals surface area contributed by atoms with Crippen LogP contribution in [0.5, 0.6) is 0 Å². The van der Waals surface area contributed by atoms with Gasteiger partial charge in [-0.15, -0.1) is 0 Å². The number of ether oxygens (including phenoxy) is 9. The Morgan fingerprint density at radius 2 is 1.17 bits per heavy atom. The number of nitrogens with one attached hydrogen (secondary N) is 3. The van der Waals surface area contributed by atoms with Crippen LogP contribution in [0.15, 0.2) is 30.3 Å². The average Bonchev–Trinajstić information content (AvgIpc) is 3.12. The van der Waals surface area contributed by atoms with E-state index in [-0.39, 0.29) is 6.61 Å². The Balaban J connectivity index is 2.22. The van der Waals surface area contributed by atoms with E-state index in [1.54, 1.807) is 30.3 Å². The summed E-state index contributed by atoms with van der Waals surface area (Å²) in [5.74, 6) is -6.75. The molecule has 3 rings (SSSR count). The molecule has 3 amide bonds. The number of carboxylic acid groups (broad SMARTS) is 1. The third-order valence-electron chi connectivity index (χ3n) is 8.55. The summed E-state index contributed by atoms with van der Waals surface area (Å²) in [7, 11) is 0. The number of esters is 4. The van der Waals surface area contributed by atoms with Crippen molar-refractivity contribution in [2.45, 2.75) is 135 Å². The summed E-state index contributed by atoms with van der Waals surface area (Å²) in [6.07, 6.45) is -13.4. The lowest BCUT2D eigenvalue weighted by Crippen LogP contribution is -2.71. The molecule has 12 atom stereocenters. The molecule has 1 aromatic rings. The Kier molecular flexibility index (Phi) is 17.9. The van der Waals surface area contributed by atoms with Gasteiger partial charge in [-0.2, -0.15) is 0 Å². The summed E-state index contributed by atoms with van der Waals surface area (Å²) in [6, 6.07) is 4.70. The maximum Gasteiger partial charge on any atom is 0.325 e. The predicted octanol–water partition coefficient (Wildman–Crippen LogP) is -0.600. The quantitative estimate of drug-likeness (QED) is 0.106. The molecule has 4 unspecified atom stereocenters. The molecule has 0 radical (unpaired) electrons. The number of carbonyl (C=O) groups is 8. The average molecular weight is 826 g/mol. The van der Waals surface area contributed by atoms with Crippen molar-refractivity contribution in [2.24, 2.45) is 0 Å². The molecule has 1 aromatic carbocycles. The fourth-order valence-corrected chi connectivity index (χ4v) is 6.10. The van der Waals surface area contributed by atoms with Crippen molar-refractivity contribution in [3.63, 3.8) is 0 Å². The maximum atomic E-state index is 13.3. The number of carbonyl (C=O) groups excluding carboxylic acids is 7. The Morgan fingerprint density at radius 1 is 0.672 bits per heavy atom. The normalized spacial score (nSPS) is 27.7. The molecule has 58 heavy (non-hydrogen) atoms. The molecule has 2 aliphatic rings. The van der Waals surface area contributed by atoms with Gasteiger partial charge in [0.25, 0.3) is 0 Å². The fraction of sp³-hybridized carbons (Fsp3) is 0.622. The van der Waals surface area contributed by atoms with Crippen molar-refractivity contribution in [3.05, 3.63) is 35.9 Å². The third-order valence-corrected chi connectivity index (χ3v) is 8.55. The molecule has 4 N–H and O–H groups in total. The van der Waals surface area contributed by atoms with Crippen LogP contribution in [0.3, 0.4) is 0 Å². The molecule has 0 saturated carbocycles. The highest BCUT2D eigenvalue weighted by atomic mass is 16.7. The third kappa shape index (κ3) is 14.3. The van der Waals surface area contributed by atoms with Crippen LogP contribution in [-0.4, -0.2) is 139 Å². The smallest absolute Gasteiger partial charge is 0.325 e. The van der Waals surface area contributed by atoms with Crippen molar-refractivity contribution < 1.29 is 86.1 Å². The summed E-state index contributed by atoms with van der Waals surface area (Å²) >= 11 is 0.